The largest absolute Gasteiger partial charge is 0.467 e. The molecule has 1 aliphatic heterocycles. The Bertz CT molecular complexity index is 663. The Balaban J connectivity index is 1.61. The number of hydrogen-bond acceptors (Lipinski definition) is 5. The van der Waals surface area contributed by atoms with Gasteiger partial charge in [-0.3, -0.25) is 4.79 Å². The summed E-state index contributed by atoms with van der Waals surface area (Å²) in [5.41, 5.74) is 0.384. The summed E-state index contributed by atoms with van der Waals surface area (Å²) in [7, 11) is 0. The molecule has 1 aliphatic rings. The van der Waals surface area contributed by atoms with E-state index in [-0.39, 0.29) is 12.5 Å². The van der Waals surface area contributed by atoms with Gasteiger partial charge in [0.15, 0.2) is 0 Å². The lowest BCUT2D eigenvalue weighted by Gasteiger charge is -2.32. The average molecular weight is 330 g/mol. The zero-order chi connectivity index (χ0) is 16.8. The van der Waals surface area contributed by atoms with Crippen molar-refractivity contribution in [1.82, 2.24) is 5.32 Å². The van der Waals surface area contributed by atoms with Crippen LogP contribution in [-0.4, -0.2) is 36.4 Å². The van der Waals surface area contributed by atoms with E-state index in [4.69, 9.17) is 9.15 Å². The van der Waals surface area contributed by atoms with Crippen molar-refractivity contribution in [2.24, 2.45) is 0 Å². The van der Waals surface area contributed by atoms with Gasteiger partial charge >= 0.3 is 0 Å². The van der Waals surface area contributed by atoms with Crippen molar-refractivity contribution in [1.29, 1.82) is 0 Å². The second kappa shape index (κ2) is 7.51. The summed E-state index contributed by atoms with van der Waals surface area (Å²) in [6, 6.07) is 11.0. The summed E-state index contributed by atoms with van der Waals surface area (Å²) in [5.74, 6) is 0.583. The number of hydrogen-bond donors (Lipinski definition) is 3. The highest BCUT2D eigenvalue weighted by Crippen LogP contribution is 2.20. The zero-order valence-corrected chi connectivity index (χ0v) is 13.5. The Kier molecular flexibility index (Phi) is 5.17. The van der Waals surface area contributed by atoms with Crippen LogP contribution in [0.15, 0.2) is 47.1 Å². The van der Waals surface area contributed by atoms with Crippen LogP contribution in [-0.2, 0) is 11.3 Å². The molecule has 6 nitrogen and oxygen atoms in total. The number of ether oxygens (including phenoxy) is 1. The molecule has 3 N–H and O–H groups in total. The molecule has 1 aromatic heterocycles. The predicted octanol–water partition coefficient (Wildman–Crippen LogP) is 2.16. The fraction of sp³-hybridized carbons (Fsp3) is 0.389. The Morgan fingerprint density at radius 1 is 1.17 bits per heavy atom. The van der Waals surface area contributed by atoms with Crippen LogP contribution in [0.1, 0.15) is 29.0 Å². The van der Waals surface area contributed by atoms with E-state index in [2.05, 4.69) is 10.6 Å². The number of benzene rings is 1. The number of anilines is 1. The van der Waals surface area contributed by atoms with Crippen LogP contribution in [0.2, 0.25) is 0 Å². The number of aliphatic hydroxyl groups is 1. The topological polar surface area (TPSA) is 83.7 Å². The third-order valence-corrected chi connectivity index (χ3v) is 4.21. The Hall–Kier alpha value is -2.31. The standard InChI is InChI=1S/C18H22N2O4/c21-17(20-13-18(22)7-10-23-11-8-18)15-5-1-2-6-16(15)19-12-14-4-3-9-24-14/h1-6,9,19,22H,7-8,10-13H2,(H,20,21). The molecule has 1 saturated heterocycles. The number of nitrogens with one attached hydrogen (secondary N) is 2. The number of amides is 1. The van der Waals surface area contributed by atoms with E-state index in [1.807, 2.05) is 30.3 Å². The highest BCUT2D eigenvalue weighted by atomic mass is 16.5. The second-order valence-electron chi connectivity index (χ2n) is 6.00. The van der Waals surface area contributed by atoms with Crippen LogP contribution in [0, 0.1) is 0 Å². The van der Waals surface area contributed by atoms with Crippen LogP contribution in [0.3, 0.4) is 0 Å². The molecule has 0 unspecified atom stereocenters. The molecule has 128 valence electrons. The number of furan rings is 1. The fourth-order valence-electron chi connectivity index (χ4n) is 2.70. The predicted molar refractivity (Wildman–Crippen MR) is 89.8 cm³/mol. The van der Waals surface area contributed by atoms with E-state index in [1.165, 1.54) is 0 Å². The summed E-state index contributed by atoms with van der Waals surface area (Å²) in [5, 5.41) is 16.5. The van der Waals surface area contributed by atoms with Crippen molar-refractivity contribution in [2.45, 2.75) is 25.0 Å². The first-order valence-corrected chi connectivity index (χ1v) is 8.10. The fourth-order valence-corrected chi connectivity index (χ4v) is 2.70. The average Bonchev–Trinajstić information content (AvgIpc) is 3.12. The molecule has 2 heterocycles. The van der Waals surface area contributed by atoms with Gasteiger partial charge in [-0.15, -0.1) is 0 Å². The number of carbonyl (C=O) groups is 1. The van der Waals surface area contributed by atoms with Gasteiger partial charge in [-0.25, -0.2) is 0 Å². The number of rotatable bonds is 6. The van der Waals surface area contributed by atoms with Gasteiger partial charge in [-0.2, -0.15) is 0 Å². The van der Waals surface area contributed by atoms with Crippen molar-refractivity contribution in [3.8, 4) is 0 Å². The molecular weight excluding hydrogens is 308 g/mol. The summed E-state index contributed by atoms with van der Waals surface area (Å²) in [6.07, 6.45) is 2.68. The summed E-state index contributed by atoms with van der Waals surface area (Å²) in [6.45, 7) is 1.77. The quantitative estimate of drug-likeness (QED) is 0.756. The Morgan fingerprint density at radius 3 is 2.71 bits per heavy atom. The lowest BCUT2D eigenvalue weighted by atomic mass is 9.94. The van der Waals surface area contributed by atoms with Gasteiger partial charge in [0.25, 0.3) is 5.91 Å². The van der Waals surface area contributed by atoms with E-state index in [1.54, 1.807) is 12.3 Å². The molecule has 1 aromatic carbocycles. The lowest BCUT2D eigenvalue weighted by molar-refractivity contribution is -0.0605. The zero-order valence-electron chi connectivity index (χ0n) is 13.5. The normalized spacial score (nSPS) is 16.5. The SMILES string of the molecule is O=C(NCC1(O)CCOCC1)c1ccccc1NCc1ccco1. The maximum Gasteiger partial charge on any atom is 0.253 e. The van der Waals surface area contributed by atoms with Crippen molar-refractivity contribution >= 4 is 11.6 Å². The summed E-state index contributed by atoms with van der Waals surface area (Å²) in [4.78, 5) is 12.5. The second-order valence-corrected chi connectivity index (χ2v) is 6.00. The molecule has 6 heteroatoms. The van der Waals surface area contributed by atoms with E-state index in [0.717, 1.165) is 11.4 Å². The first-order valence-electron chi connectivity index (χ1n) is 8.10. The highest BCUT2D eigenvalue weighted by Gasteiger charge is 2.30. The molecule has 24 heavy (non-hydrogen) atoms. The maximum absolute atomic E-state index is 12.5. The van der Waals surface area contributed by atoms with Gasteiger partial charge in [0.1, 0.15) is 5.76 Å². The van der Waals surface area contributed by atoms with E-state index in [9.17, 15) is 9.90 Å². The Morgan fingerprint density at radius 2 is 1.96 bits per heavy atom. The van der Waals surface area contributed by atoms with Crippen LogP contribution in [0.25, 0.3) is 0 Å². The van der Waals surface area contributed by atoms with Crippen LogP contribution in [0.4, 0.5) is 5.69 Å². The van der Waals surface area contributed by atoms with E-state index in [0.29, 0.717) is 38.2 Å². The van der Waals surface area contributed by atoms with Gasteiger partial charge < -0.3 is 24.9 Å². The molecule has 0 radical (unpaired) electrons. The molecule has 0 atom stereocenters. The third kappa shape index (κ3) is 4.15. The van der Waals surface area contributed by atoms with Crippen LogP contribution in [0.5, 0.6) is 0 Å². The van der Waals surface area contributed by atoms with Crippen molar-refractivity contribution in [3.05, 3.63) is 54.0 Å². The first kappa shape index (κ1) is 16.5. The smallest absolute Gasteiger partial charge is 0.253 e. The molecule has 3 rings (SSSR count). The van der Waals surface area contributed by atoms with Gasteiger partial charge in [-0.05, 0) is 24.3 Å². The molecule has 0 spiro atoms. The lowest BCUT2D eigenvalue weighted by Crippen LogP contribution is -2.46. The molecule has 0 saturated carbocycles. The number of carbonyl (C=O) groups excluding carboxylic acids is 1. The Labute approximate surface area is 140 Å². The molecule has 1 amide bonds. The van der Waals surface area contributed by atoms with Crippen molar-refractivity contribution in [2.75, 3.05) is 25.1 Å². The molecular formula is C18H22N2O4. The first-order chi connectivity index (χ1) is 11.7. The number of para-hydroxylation sites is 1. The monoisotopic (exact) mass is 330 g/mol. The minimum Gasteiger partial charge on any atom is -0.467 e. The minimum atomic E-state index is -0.884. The highest BCUT2D eigenvalue weighted by molar-refractivity contribution is 5.99. The van der Waals surface area contributed by atoms with Crippen molar-refractivity contribution < 1.29 is 19.1 Å². The van der Waals surface area contributed by atoms with E-state index >= 15 is 0 Å². The van der Waals surface area contributed by atoms with Gasteiger partial charge in [-0.1, -0.05) is 12.1 Å². The minimum absolute atomic E-state index is 0.211. The maximum atomic E-state index is 12.5. The summed E-state index contributed by atoms with van der Waals surface area (Å²) >= 11 is 0. The molecule has 2 aromatic rings. The van der Waals surface area contributed by atoms with Gasteiger partial charge in [0.2, 0.25) is 0 Å². The van der Waals surface area contributed by atoms with Gasteiger partial charge in [0.05, 0.1) is 24.0 Å². The molecule has 0 aliphatic carbocycles. The molecule has 0 bridgehead atoms. The van der Waals surface area contributed by atoms with Crippen LogP contribution < -0.4 is 10.6 Å². The van der Waals surface area contributed by atoms with Gasteiger partial charge in [0, 0.05) is 38.3 Å². The van der Waals surface area contributed by atoms with E-state index < -0.39 is 5.60 Å². The molecule has 1 fully saturated rings. The third-order valence-electron chi connectivity index (χ3n) is 4.21. The van der Waals surface area contributed by atoms with Crippen LogP contribution >= 0.6 is 0 Å². The summed E-state index contributed by atoms with van der Waals surface area (Å²) < 4.78 is 10.5. The van der Waals surface area contributed by atoms with Crippen molar-refractivity contribution in [3.63, 3.8) is 0 Å².